The van der Waals surface area contributed by atoms with Gasteiger partial charge in [-0.1, -0.05) is 13.8 Å². The van der Waals surface area contributed by atoms with Gasteiger partial charge < -0.3 is 9.80 Å². The van der Waals surface area contributed by atoms with Gasteiger partial charge in [0, 0.05) is 31.0 Å². The van der Waals surface area contributed by atoms with Crippen molar-refractivity contribution in [1.29, 1.82) is 0 Å². The van der Waals surface area contributed by atoms with E-state index in [9.17, 15) is 8.78 Å². The number of aromatic nitrogens is 3. The van der Waals surface area contributed by atoms with Crippen molar-refractivity contribution in [2.75, 3.05) is 22.9 Å². The standard InChI is InChI=1S/C17H19F2N5/c1-10(2)16-15(19)17(22-9-21-16)24-12-5-13(24)8-23(7-12)11-3-4-20-14(18)6-11/h3-4,6,9-10,12-13H,5,7-8H2,1-2H3. The van der Waals surface area contributed by atoms with Crippen molar-refractivity contribution in [2.45, 2.75) is 38.3 Å². The second-order valence-electron chi connectivity index (χ2n) is 6.74. The Bertz CT molecular complexity index is 754. The van der Waals surface area contributed by atoms with Crippen molar-refractivity contribution in [1.82, 2.24) is 15.0 Å². The van der Waals surface area contributed by atoms with Gasteiger partial charge in [0.2, 0.25) is 5.95 Å². The number of nitrogens with zero attached hydrogens (tertiary/aromatic N) is 5. The van der Waals surface area contributed by atoms with Gasteiger partial charge in [-0.05, 0) is 18.4 Å². The number of piperidine rings is 1. The maximum absolute atomic E-state index is 14.7. The van der Waals surface area contributed by atoms with Crippen LogP contribution in [0, 0.1) is 11.8 Å². The second kappa shape index (κ2) is 5.65. The van der Waals surface area contributed by atoms with Crippen LogP contribution in [0.2, 0.25) is 0 Å². The van der Waals surface area contributed by atoms with Crippen LogP contribution in [-0.2, 0) is 0 Å². The maximum atomic E-state index is 14.7. The van der Waals surface area contributed by atoms with Gasteiger partial charge in [0.05, 0.1) is 17.8 Å². The van der Waals surface area contributed by atoms with E-state index in [0.29, 0.717) is 11.5 Å². The van der Waals surface area contributed by atoms with Gasteiger partial charge in [0.1, 0.15) is 6.33 Å². The van der Waals surface area contributed by atoms with Gasteiger partial charge in [0.25, 0.3) is 0 Å². The molecular formula is C17H19F2N5. The summed E-state index contributed by atoms with van der Waals surface area (Å²) in [6.45, 7) is 5.29. The van der Waals surface area contributed by atoms with E-state index < -0.39 is 5.95 Å². The zero-order valence-corrected chi connectivity index (χ0v) is 13.7. The van der Waals surface area contributed by atoms with E-state index in [4.69, 9.17) is 0 Å². The molecule has 5 nitrogen and oxygen atoms in total. The quantitative estimate of drug-likeness (QED) is 0.809. The molecule has 2 aromatic heterocycles. The van der Waals surface area contributed by atoms with Crippen molar-refractivity contribution < 1.29 is 8.78 Å². The molecular weight excluding hydrogens is 312 g/mol. The van der Waals surface area contributed by atoms with E-state index in [1.54, 1.807) is 6.07 Å². The summed E-state index contributed by atoms with van der Waals surface area (Å²) in [5, 5.41) is 0. The molecule has 0 spiro atoms. The molecule has 7 heteroatoms. The lowest BCUT2D eigenvalue weighted by atomic mass is 9.87. The first-order chi connectivity index (χ1) is 11.5. The Morgan fingerprint density at radius 2 is 1.88 bits per heavy atom. The number of piperazine rings is 1. The van der Waals surface area contributed by atoms with Crippen LogP contribution in [0.5, 0.6) is 0 Å². The van der Waals surface area contributed by atoms with E-state index in [0.717, 1.165) is 25.2 Å². The highest BCUT2D eigenvalue weighted by Crippen LogP contribution is 2.39. The van der Waals surface area contributed by atoms with Crippen molar-refractivity contribution in [2.24, 2.45) is 0 Å². The summed E-state index contributed by atoms with van der Waals surface area (Å²) in [6.07, 6.45) is 3.92. The molecule has 0 aliphatic carbocycles. The van der Waals surface area contributed by atoms with Crippen LogP contribution >= 0.6 is 0 Å². The number of fused-ring (bicyclic) bond motifs is 2. The zero-order chi connectivity index (χ0) is 16.8. The summed E-state index contributed by atoms with van der Waals surface area (Å²) in [7, 11) is 0. The summed E-state index contributed by atoms with van der Waals surface area (Å²) in [4.78, 5) is 16.0. The lowest BCUT2D eigenvalue weighted by Gasteiger charge is -2.57. The lowest BCUT2D eigenvalue weighted by Crippen LogP contribution is -2.69. The number of hydrogen-bond donors (Lipinski definition) is 0. The molecule has 3 fully saturated rings. The third-order valence-electron chi connectivity index (χ3n) is 4.86. The topological polar surface area (TPSA) is 45.2 Å². The number of hydrogen-bond acceptors (Lipinski definition) is 5. The maximum Gasteiger partial charge on any atom is 0.214 e. The molecule has 126 valence electrons. The summed E-state index contributed by atoms with van der Waals surface area (Å²) >= 11 is 0. The van der Waals surface area contributed by atoms with Gasteiger partial charge in [-0.15, -0.1) is 0 Å². The first kappa shape index (κ1) is 15.2. The van der Waals surface area contributed by atoms with Crippen LogP contribution < -0.4 is 9.80 Å². The third-order valence-corrected chi connectivity index (χ3v) is 4.86. The number of pyridine rings is 1. The van der Waals surface area contributed by atoms with Gasteiger partial charge >= 0.3 is 0 Å². The van der Waals surface area contributed by atoms with Crippen LogP contribution in [0.3, 0.4) is 0 Å². The highest BCUT2D eigenvalue weighted by molar-refractivity contribution is 5.55. The predicted octanol–water partition coefficient (Wildman–Crippen LogP) is 2.74. The monoisotopic (exact) mass is 331 g/mol. The molecule has 0 aromatic carbocycles. The first-order valence-electron chi connectivity index (χ1n) is 8.20. The predicted molar refractivity (Wildman–Crippen MR) is 87.2 cm³/mol. The van der Waals surface area contributed by atoms with E-state index in [1.807, 2.05) is 13.8 Å². The molecule has 2 atom stereocenters. The van der Waals surface area contributed by atoms with Gasteiger partial charge in [-0.2, -0.15) is 4.39 Å². The zero-order valence-electron chi connectivity index (χ0n) is 13.7. The van der Waals surface area contributed by atoms with Crippen molar-refractivity contribution in [3.05, 3.63) is 42.1 Å². The van der Waals surface area contributed by atoms with Crippen LogP contribution in [0.1, 0.15) is 31.9 Å². The fourth-order valence-electron chi connectivity index (χ4n) is 3.71. The number of anilines is 2. The summed E-state index contributed by atoms with van der Waals surface area (Å²) in [5.74, 6) is -0.378. The Labute approximate surface area is 139 Å². The molecule has 0 saturated carbocycles. The average molecular weight is 331 g/mol. The second-order valence-corrected chi connectivity index (χ2v) is 6.74. The molecule has 5 heterocycles. The molecule has 24 heavy (non-hydrogen) atoms. The van der Waals surface area contributed by atoms with Gasteiger partial charge in [-0.3, -0.25) is 0 Å². The molecule has 0 amide bonds. The Kier molecular flexibility index (Phi) is 3.58. The van der Waals surface area contributed by atoms with Crippen LogP contribution in [0.15, 0.2) is 24.7 Å². The molecule has 2 aromatic rings. The smallest absolute Gasteiger partial charge is 0.214 e. The Morgan fingerprint density at radius 3 is 2.54 bits per heavy atom. The Balaban J connectivity index is 1.57. The van der Waals surface area contributed by atoms with Crippen LogP contribution in [0.25, 0.3) is 0 Å². The van der Waals surface area contributed by atoms with Gasteiger partial charge in [0.15, 0.2) is 11.6 Å². The number of halogens is 2. The molecule has 3 saturated heterocycles. The molecule has 0 radical (unpaired) electrons. The Morgan fingerprint density at radius 1 is 1.12 bits per heavy atom. The van der Waals surface area contributed by atoms with E-state index in [2.05, 4.69) is 24.8 Å². The SMILES string of the molecule is CC(C)c1ncnc(N2C3CC2CN(c2ccnc(F)c2)C3)c1F. The summed E-state index contributed by atoms with van der Waals surface area (Å²) < 4.78 is 28.1. The van der Waals surface area contributed by atoms with Crippen molar-refractivity contribution in [3.63, 3.8) is 0 Å². The van der Waals surface area contributed by atoms with E-state index in [1.165, 1.54) is 18.6 Å². The van der Waals surface area contributed by atoms with Crippen molar-refractivity contribution >= 4 is 11.5 Å². The minimum Gasteiger partial charge on any atom is -0.367 e. The minimum atomic E-state index is -0.480. The van der Waals surface area contributed by atoms with Crippen LogP contribution in [-0.4, -0.2) is 40.1 Å². The molecule has 2 unspecified atom stereocenters. The summed E-state index contributed by atoms with van der Waals surface area (Å²) in [5.41, 5.74) is 1.28. The Hall–Kier alpha value is -2.31. The minimum absolute atomic E-state index is 0.0177. The molecule has 3 aliphatic heterocycles. The van der Waals surface area contributed by atoms with Crippen LogP contribution in [0.4, 0.5) is 20.3 Å². The lowest BCUT2D eigenvalue weighted by molar-refractivity contribution is 0.284. The average Bonchev–Trinajstić information content (AvgIpc) is 2.56. The van der Waals surface area contributed by atoms with E-state index >= 15 is 0 Å². The molecule has 2 bridgehead atoms. The normalized spacial score (nSPS) is 22.7. The van der Waals surface area contributed by atoms with Gasteiger partial charge in [-0.25, -0.2) is 19.3 Å². The molecule has 3 aliphatic rings. The highest BCUT2D eigenvalue weighted by Gasteiger charge is 2.46. The fraction of sp³-hybridized carbons (Fsp3) is 0.471. The summed E-state index contributed by atoms with van der Waals surface area (Å²) in [6, 6.07) is 3.62. The number of rotatable bonds is 3. The van der Waals surface area contributed by atoms with Crippen molar-refractivity contribution in [3.8, 4) is 0 Å². The fourth-order valence-corrected chi connectivity index (χ4v) is 3.71. The highest BCUT2D eigenvalue weighted by atomic mass is 19.1. The van der Waals surface area contributed by atoms with E-state index in [-0.39, 0.29) is 23.8 Å². The molecule has 5 rings (SSSR count). The third kappa shape index (κ3) is 2.39. The molecule has 0 N–H and O–H groups in total. The largest absolute Gasteiger partial charge is 0.367 e. The first-order valence-corrected chi connectivity index (χ1v) is 8.20.